The van der Waals surface area contributed by atoms with Crippen molar-refractivity contribution in [3.05, 3.63) is 58.1 Å². The van der Waals surface area contributed by atoms with Gasteiger partial charge in [0.05, 0.1) is 11.6 Å². The first-order chi connectivity index (χ1) is 15.2. The first-order valence-corrected chi connectivity index (χ1v) is 9.67. The van der Waals surface area contributed by atoms with E-state index in [9.17, 15) is 31.1 Å². The molecule has 1 aliphatic rings. The third kappa shape index (κ3) is 4.62. The van der Waals surface area contributed by atoms with E-state index in [0.717, 1.165) is 24.4 Å². The van der Waals surface area contributed by atoms with Gasteiger partial charge in [-0.05, 0) is 38.1 Å². The molecule has 1 aromatic heterocycles. The average Bonchev–Trinajstić information content (AvgIpc) is 2.71. The predicted molar refractivity (Wildman–Crippen MR) is 108 cm³/mol. The maximum Gasteiger partial charge on any atom is 0.424 e. The Kier molecular flexibility index (Phi) is 6.37. The number of ether oxygens (including phenoxy) is 1. The molecule has 2 atom stereocenters. The molecule has 33 heavy (non-hydrogen) atoms. The van der Waals surface area contributed by atoms with Crippen LogP contribution in [-0.4, -0.2) is 35.1 Å². The van der Waals surface area contributed by atoms with Crippen molar-refractivity contribution in [1.29, 1.82) is 0 Å². The lowest BCUT2D eigenvalue weighted by Crippen LogP contribution is -2.60. The number of anilines is 1. The van der Waals surface area contributed by atoms with Crippen molar-refractivity contribution >= 4 is 29.0 Å². The average molecular weight is 495 g/mol. The summed E-state index contributed by atoms with van der Waals surface area (Å²) in [5, 5.41) is 2.05. The van der Waals surface area contributed by atoms with Crippen molar-refractivity contribution in [1.82, 2.24) is 4.98 Å². The lowest BCUT2D eigenvalue weighted by Gasteiger charge is -2.41. The van der Waals surface area contributed by atoms with Crippen molar-refractivity contribution in [3.63, 3.8) is 0 Å². The lowest BCUT2D eigenvalue weighted by molar-refractivity contribution is -0.249. The number of carbonyl (C=O) groups is 1. The highest BCUT2D eigenvalue weighted by Crippen LogP contribution is 2.41. The Hall–Kier alpha value is -2.86. The fraction of sp³-hybridized carbons (Fsp3) is 0.350. The summed E-state index contributed by atoms with van der Waals surface area (Å²) >= 11 is 5.86. The zero-order valence-corrected chi connectivity index (χ0v) is 17.9. The quantitative estimate of drug-likeness (QED) is 0.586. The van der Waals surface area contributed by atoms with Crippen LogP contribution in [0.25, 0.3) is 0 Å². The van der Waals surface area contributed by atoms with Gasteiger partial charge in [0.2, 0.25) is 5.60 Å². The summed E-state index contributed by atoms with van der Waals surface area (Å²) in [6, 6.07) is 4.18. The topological polar surface area (TPSA) is 89.6 Å². The molecule has 0 aliphatic carbocycles. The Morgan fingerprint density at radius 2 is 1.94 bits per heavy atom. The molecular weight excluding hydrogens is 478 g/mol. The van der Waals surface area contributed by atoms with Crippen LogP contribution < -0.4 is 11.1 Å². The molecule has 0 spiro atoms. The Morgan fingerprint density at radius 1 is 1.27 bits per heavy atom. The van der Waals surface area contributed by atoms with Crippen LogP contribution in [-0.2, 0) is 10.3 Å². The normalized spacial score (nSPS) is 23.4. The predicted octanol–water partition coefficient (Wildman–Crippen LogP) is 4.99. The molecule has 0 saturated carbocycles. The smallest absolute Gasteiger partial charge is 0.385 e. The number of nitrogens with one attached hydrogen (secondary N) is 1. The van der Waals surface area contributed by atoms with E-state index in [2.05, 4.69) is 15.3 Å². The van der Waals surface area contributed by atoms with Crippen molar-refractivity contribution in [2.75, 3.05) is 11.9 Å². The summed E-state index contributed by atoms with van der Waals surface area (Å²) in [6.45, 7) is 1.39. The zero-order valence-electron chi connectivity index (χ0n) is 17.1. The van der Waals surface area contributed by atoms with Crippen molar-refractivity contribution in [2.24, 2.45) is 10.7 Å². The van der Waals surface area contributed by atoms with E-state index >= 15 is 0 Å². The second kappa shape index (κ2) is 8.49. The first-order valence-electron chi connectivity index (χ1n) is 9.29. The Morgan fingerprint density at radius 3 is 2.48 bits per heavy atom. The van der Waals surface area contributed by atoms with Gasteiger partial charge in [-0.1, -0.05) is 11.6 Å². The Balaban J connectivity index is 1.91. The highest BCUT2D eigenvalue weighted by atomic mass is 35.5. The van der Waals surface area contributed by atoms with Gasteiger partial charge in [-0.2, -0.15) is 13.2 Å². The third-order valence-corrected chi connectivity index (χ3v) is 5.46. The number of rotatable bonds is 4. The molecule has 1 aromatic carbocycles. The number of nitrogens with zero attached hydrogens (tertiary/aromatic N) is 2. The molecular formula is C20H17ClF6N4O2. The van der Waals surface area contributed by atoms with E-state index in [0.29, 0.717) is 6.92 Å². The second-order valence-electron chi connectivity index (χ2n) is 7.64. The Labute approximate surface area is 188 Å². The van der Waals surface area contributed by atoms with E-state index in [1.54, 1.807) is 0 Å². The number of aromatic nitrogens is 1. The summed E-state index contributed by atoms with van der Waals surface area (Å²) in [7, 11) is 0. The van der Waals surface area contributed by atoms with Crippen LogP contribution in [0.3, 0.4) is 0 Å². The maximum absolute atomic E-state index is 14.6. The summed E-state index contributed by atoms with van der Waals surface area (Å²) in [5.74, 6) is -2.59. The molecule has 0 saturated heterocycles. The second-order valence-corrected chi connectivity index (χ2v) is 8.05. The van der Waals surface area contributed by atoms with Gasteiger partial charge in [0.15, 0.2) is 0 Å². The van der Waals surface area contributed by atoms with Gasteiger partial charge >= 0.3 is 6.18 Å². The number of alkyl halides is 5. The molecule has 178 valence electrons. The number of benzene rings is 1. The van der Waals surface area contributed by atoms with Gasteiger partial charge < -0.3 is 15.8 Å². The maximum atomic E-state index is 14.6. The summed E-state index contributed by atoms with van der Waals surface area (Å²) in [5.41, 5.74) is 0.0681. The zero-order chi connectivity index (χ0) is 24.8. The van der Waals surface area contributed by atoms with Gasteiger partial charge in [-0.25, -0.2) is 18.2 Å². The summed E-state index contributed by atoms with van der Waals surface area (Å²) in [6.07, 6.45) is -6.89. The van der Waals surface area contributed by atoms with E-state index < -0.39 is 53.5 Å². The van der Waals surface area contributed by atoms with E-state index in [-0.39, 0.29) is 22.0 Å². The number of halogens is 7. The van der Waals surface area contributed by atoms with Gasteiger partial charge in [0.1, 0.15) is 22.9 Å². The van der Waals surface area contributed by atoms with Gasteiger partial charge in [0.25, 0.3) is 12.3 Å². The highest BCUT2D eigenvalue weighted by Gasteiger charge is 2.59. The van der Waals surface area contributed by atoms with Crippen molar-refractivity contribution in [3.8, 4) is 0 Å². The molecule has 13 heteroatoms. The fourth-order valence-corrected chi connectivity index (χ4v) is 3.33. The number of hydrogen-bond donors (Lipinski definition) is 2. The van der Waals surface area contributed by atoms with E-state index in [4.69, 9.17) is 22.1 Å². The molecule has 0 unspecified atom stereocenters. The number of pyridine rings is 1. The molecule has 0 radical (unpaired) electrons. The van der Waals surface area contributed by atoms with Crippen LogP contribution in [0.15, 0.2) is 35.5 Å². The molecule has 3 N–H and O–H groups in total. The summed E-state index contributed by atoms with van der Waals surface area (Å²) < 4.78 is 85.0. The van der Waals surface area contributed by atoms with Gasteiger partial charge in [-0.3, -0.25) is 9.79 Å². The molecule has 1 aliphatic heterocycles. The molecule has 1 amide bonds. The van der Waals surface area contributed by atoms with Crippen molar-refractivity contribution < 1.29 is 35.9 Å². The molecule has 0 fully saturated rings. The van der Waals surface area contributed by atoms with Gasteiger partial charge in [0, 0.05) is 23.0 Å². The van der Waals surface area contributed by atoms with Gasteiger partial charge in [-0.15, -0.1) is 0 Å². The minimum Gasteiger partial charge on any atom is -0.385 e. The minimum atomic E-state index is -4.84. The Bertz CT molecular complexity index is 1130. The van der Waals surface area contributed by atoms with Crippen molar-refractivity contribution in [2.45, 2.75) is 37.6 Å². The number of aliphatic imine (C=N–C) groups is 1. The molecule has 0 bridgehead atoms. The summed E-state index contributed by atoms with van der Waals surface area (Å²) in [4.78, 5) is 20.0. The largest absolute Gasteiger partial charge is 0.424 e. The highest BCUT2D eigenvalue weighted by molar-refractivity contribution is 6.34. The molecule has 6 nitrogen and oxygen atoms in total. The molecule has 2 aromatic rings. The van der Waals surface area contributed by atoms with E-state index in [1.807, 2.05) is 0 Å². The van der Waals surface area contributed by atoms with Crippen LogP contribution in [0.4, 0.5) is 32.0 Å². The molecule has 3 rings (SSSR count). The fourth-order valence-electron chi connectivity index (χ4n) is 3.07. The number of nitrogens with two attached hydrogens (primary N) is 1. The first kappa shape index (κ1) is 24.8. The number of carbonyl (C=O) groups excluding carboxylic acids is 1. The minimum absolute atomic E-state index is 0.0198. The lowest BCUT2D eigenvalue weighted by atomic mass is 9.89. The SMILES string of the molecule is C[C@@]1(c2cc(NC(=O)c3ncc(C(F)F)cc3Cl)ccc2F)CO[C@@](C)(C(F)(F)F)C(N)=N1. The van der Waals surface area contributed by atoms with Crippen LogP contribution in [0.5, 0.6) is 0 Å². The van der Waals surface area contributed by atoms with Crippen LogP contribution in [0.1, 0.15) is 41.9 Å². The number of hydrogen-bond acceptors (Lipinski definition) is 5. The number of amidine groups is 1. The van der Waals surface area contributed by atoms with E-state index in [1.165, 1.54) is 13.0 Å². The molecule has 2 heterocycles. The van der Waals surface area contributed by atoms with Crippen LogP contribution in [0, 0.1) is 5.82 Å². The standard InChI is InChI=1S/C20H17ClF6N4O2/c1-18(8-33-19(2,17(28)31-18)20(25,26)27)11-6-10(3-4-13(11)22)30-16(32)14-12(21)5-9(7-29-14)15(23)24/h3-7,15H,8H2,1-2H3,(H2,28,31)(H,30,32)/t18-,19+/m0/s1. The monoisotopic (exact) mass is 494 g/mol. The number of amides is 1. The third-order valence-electron chi connectivity index (χ3n) is 5.17. The van der Waals surface area contributed by atoms with Crippen LogP contribution >= 0.6 is 11.6 Å². The van der Waals surface area contributed by atoms with Crippen LogP contribution in [0.2, 0.25) is 5.02 Å².